The summed E-state index contributed by atoms with van der Waals surface area (Å²) in [7, 11) is 3.05. The first kappa shape index (κ1) is 18.9. The van der Waals surface area contributed by atoms with E-state index in [9.17, 15) is 9.59 Å². The van der Waals surface area contributed by atoms with Gasteiger partial charge in [-0.25, -0.2) is 14.8 Å². The molecule has 140 valence electrons. The third-order valence-electron chi connectivity index (χ3n) is 4.03. The molecule has 0 aliphatic heterocycles. The molecule has 7 nitrogen and oxygen atoms in total. The predicted molar refractivity (Wildman–Crippen MR) is 108 cm³/mol. The molecule has 2 heterocycles. The number of rotatable bonds is 6. The van der Waals surface area contributed by atoms with Crippen LogP contribution in [0.25, 0.3) is 22.4 Å². The van der Waals surface area contributed by atoms with Crippen LogP contribution in [0.1, 0.15) is 6.92 Å². The van der Waals surface area contributed by atoms with Gasteiger partial charge in [0.05, 0.1) is 6.61 Å². The molecule has 0 fully saturated rings. The minimum Gasteiger partial charge on any atom is -0.494 e. The highest BCUT2D eigenvalue weighted by Gasteiger charge is 2.17. The van der Waals surface area contributed by atoms with Gasteiger partial charge >= 0.3 is 5.69 Å². The number of nitrogens with zero attached hydrogens (tertiary/aromatic N) is 4. The molecule has 27 heavy (non-hydrogen) atoms. The summed E-state index contributed by atoms with van der Waals surface area (Å²) in [5, 5.41) is 0.862. The van der Waals surface area contributed by atoms with Crippen molar-refractivity contribution in [2.45, 2.75) is 11.9 Å². The second-order valence-corrected chi connectivity index (χ2v) is 6.82. The van der Waals surface area contributed by atoms with E-state index in [1.807, 2.05) is 31.2 Å². The summed E-state index contributed by atoms with van der Waals surface area (Å²) >= 11 is 1.38. The normalized spacial score (nSPS) is 10.9. The summed E-state index contributed by atoms with van der Waals surface area (Å²) in [5.74, 6) is 1.78. The van der Waals surface area contributed by atoms with E-state index in [-0.39, 0.29) is 0 Å². The molecule has 0 aliphatic carbocycles. The maximum atomic E-state index is 12.7. The first-order valence-corrected chi connectivity index (χ1v) is 9.41. The molecule has 0 aliphatic rings. The lowest BCUT2D eigenvalue weighted by Crippen LogP contribution is -2.37. The second-order valence-electron chi connectivity index (χ2n) is 5.81. The van der Waals surface area contributed by atoms with Crippen LogP contribution in [0.5, 0.6) is 5.75 Å². The molecular weight excluding hydrogens is 364 g/mol. The number of hydrogen-bond donors (Lipinski definition) is 0. The highest BCUT2D eigenvalue weighted by molar-refractivity contribution is 7.99. The van der Waals surface area contributed by atoms with E-state index in [1.54, 1.807) is 13.1 Å². The Kier molecular flexibility index (Phi) is 5.46. The van der Waals surface area contributed by atoms with E-state index in [0.717, 1.165) is 15.9 Å². The van der Waals surface area contributed by atoms with Crippen LogP contribution in [0.3, 0.4) is 0 Å². The van der Waals surface area contributed by atoms with Crippen molar-refractivity contribution in [2.75, 3.05) is 12.4 Å². The van der Waals surface area contributed by atoms with E-state index in [2.05, 4.69) is 16.5 Å². The van der Waals surface area contributed by atoms with Gasteiger partial charge in [-0.1, -0.05) is 6.08 Å². The quantitative estimate of drug-likeness (QED) is 0.369. The lowest BCUT2D eigenvalue weighted by atomic mass is 10.2. The second kappa shape index (κ2) is 7.79. The van der Waals surface area contributed by atoms with Crippen molar-refractivity contribution < 1.29 is 4.74 Å². The van der Waals surface area contributed by atoms with Crippen molar-refractivity contribution in [3.63, 3.8) is 0 Å². The Hall–Kier alpha value is -2.87. The largest absolute Gasteiger partial charge is 0.494 e. The first-order chi connectivity index (χ1) is 13.0. The van der Waals surface area contributed by atoms with E-state index in [0.29, 0.717) is 34.2 Å². The van der Waals surface area contributed by atoms with Crippen molar-refractivity contribution in [1.29, 1.82) is 0 Å². The Morgan fingerprint density at radius 2 is 1.85 bits per heavy atom. The average Bonchev–Trinajstić information content (AvgIpc) is 2.69. The number of thioether (sulfide) groups is 1. The van der Waals surface area contributed by atoms with Gasteiger partial charge in [0.2, 0.25) is 0 Å². The van der Waals surface area contributed by atoms with Gasteiger partial charge in [0, 0.05) is 25.4 Å². The number of aromatic nitrogens is 4. The smallest absolute Gasteiger partial charge is 0.332 e. The van der Waals surface area contributed by atoms with Crippen molar-refractivity contribution in [2.24, 2.45) is 14.1 Å². The van der Waals surface area contributed by atoms with Crippen molar-refractivity contribution in [3.8, 4) is 17.1 Å². The van der Waals surface area contributed by atoms with Gasteiger partial charge in [-0.2, -0.15) is 0 Å². The zero-order chi connectivity index (χ0) is 19.6. The highest BCUT2D eigenvalue weighted by atomic mass is 32.2. The molecule has 0 spiro atoms. The molecule has 0 amide bonds. The van der Waals surface area contributed by atoms with Crippen LogP contribution in [-0.2, 0) is 14.1 Å². The van der Waals surface area contributed by atoms with Crippen molar-refractivity contribution in [3.05, 3.63) is 57.8 Å². The highest BCUT2D eigenvalue weighted by Crippen LogP contribution is 2.27. The molecule has 3 aromatic rings. The molecule has 0 saturated carbocycles. The molecule has 0 unspecified atom stereocenters. The van der Waals surface area contributed by atoms with Gasteiger partial charge in [-0.05, 0) is 31.2 Å². The molecule has 0 atom stereocenters. The van der Waals surface area contributed by atoms with Crippen LogP contribution in [0.4, 0.5) is 0 Å². The number of benzene rings is 1. The van der Waals surface area contributed by atoms with Gasteiger partial charge in [0.1, 0.15) is 16.2 Å². The van der Waals surface area contributed by atoms with E-state index < -0.39 is 11.2 Å². The van der Waals surface area contributed by atoms with Crippen LogP contribution >= 0.6 is 11.8 Å². The van der Waals surface area contributed by atoms with Crippen LogP contribution in [-0.4, -0.2) is 31.5 Å². The lowest BCUT2D eigenvalue weighted by Gasteiger charge is -2.12. The Morgan fingerprint density at radius 3 is 2.48 bits per heavy atom. The third kappa shape index (κ3) is 3.52. The summed E-state index contributed by atoms with van der Waals surface area (Å²) in [6.07, 6.45) is 1.74. The predicted octanol–water partition coefficient (Wildman–Crippen LogP) is 2.37. The minimum absolute atomic E-state index is 0.313. The van der Waals surface area contributed by atoms with Crippen molar-refractivity contribution in [1.82, 2.24) is 19.1 Å². The maximum absolute atomic E-state index is 12.7. The molecule has 3 rings (SSSR count). The fraction of sp³-hybridized carbons (Fsp3) is 0.263. The maximum Gasteiger partial charge on any atom is 0.332 e. The average molecular weight is 384 g/mol. The Labute approximate surface area is 160 Å². The number of aryl methyl sites for hydroxylation is 1. The Balaban J connectivity index is 2.27. The van der Waals surface area contributed by atoms with Crippen LogP contribution < -0.4 is 16.0 Å². The summed E-state index contributed by atoms with van der Waals surface area (Å²) in [5.41, 5.74) is 0.254. The molecule has 1 aromatic carbocycles. The third-order valence-corrected chi connectivity index (χ3v) is 5.00. The van der Waals surface area contributed by atoms with Gasteiger partial charge < -0.3 is 4.74 Å². The van der Waals surface area contributed by atoms with Gasteiger partial charge in [-0.3, -0.25) is 13.9 Å². The summed E-state index contributed by atoms with van der Waals surface area (Å²) in [4.78, 5) is 34.1. The van der Waals surface area contributed by atoms with Gasteiger partial charge in [0.25, 0.3) is 5.56 Å². The Bertz CT molecular complexity index is 1120. The summed E-state index contributed by atoms with van der Waals surface area (Å²) in [6.45, 7) is 6.22. The topological polar surface area (TPSA) is 79.0 Å². The van der Waals surface area contributed by atoms with Crippen LogP contribution in [0.2, 0.25) is 0 Å². The van der Waals surface area contributed by atoms with Crippen LogP contribution in [0, 0.1) is 0 Å². The molecule has 0 saturated heterocycles. The van der Waals surface area contributed by atoms with E-state index in [4.69, 9.17) is 4.74 Å². The lowest BCUT2D eigenvalue weighted by molar-refractivity contribution is 0.340. The minimum atomic E-state index is -0.427. The zero-order valence-corrected chi connectivity index (χ0v) is 16.2. The van der Waals surface area contributed by atoms with Gasteiger partial charge in [0.15, 0.2) is 11.5 Å². The summed E-state index contributed by atoms with van der Waals surface area (Å²) in [6, 6.07) is 7.39. The zero-order valence-electron chi connectivity index (χ0n) is 15.4. The molecular formula is C19H20N4O3S. The number of hydrogen-bond acceptors (Lipinski definition) is 6. The Morgan fingerprint density at radius 1 is 1.15 bits per heavy atom. The van der Waals surface area contributed by atoms with Gasteiger partial charge in [-0.15, -0.1) is 18.3 Å². The molecule has 0 radical (unpaired) electrons. The summed E-state index contributed by atoms with van der Waals surface area (Å²) < 4.78 is 7.90. The van der Waals surface area contributed by atoms with E-state index >= 15 is 0 Å². The van der Waals surface area contributed by atoms with Crippen molar-refractivity contribution >= 4 is 22.8 Å². The fourth-order valence-electron chi connectivity index (χ4n) is 2.67. The molecule has 0 bridgehead atoms. The number of fused-ring (bicyclic) bond motifs is 1. The number of ether oxygens (including phenoxy) is 1. The SMILES string of the molecule is C=CCSc1nc(-c2ccc(OCC)cc2)nc2c1c(=O)n(C)c(=O)n2C. The standard InChI is InChI=1S/C19H20N4O3S/c1-5-11-27-17-14-16(22(3)19(25)23(4)18(14)24)20-15(21-17)12-7-9-13(10-8-12)26-6-2/h5,7-10H,1,6,11H2,2-4H3. The van der Waals surface area contributed by atoms with Crippen LogP contribution in [0.15, 0.2) is 51.5 Å². The first-order valence-electron chi connectivity index (χ1n) is 8.42. The monoisotopic (exact) mass is 384 g/mol. The fourth-order valence-corrected chi connectivity index (χ4v) is 3.42. The van der Waals surface area contributed by atoms with E-state index in [1.165, 1.54) is 23.4 Å². The molecule has 0 N–H and O–H groups in total. The molecule has 8 heteroatoms. The molecule has 2 aromatic heterocycles.